The molecule has 2 atom stereocenters. The molecular formula is C25H31NO5. The molecule has 166 valence electrons. The molecule has 2 aromatic carbocycles. The topological polar surface area (TPSA) is 65.1 Å². The van der Waals surface area contributed by atoms with Gasteiger partial charge in [0.25, 0.3) is 0 Å². The van der Waals surface area contributed by atoms with Gasteiger partial charge in [-0.05, 0) is 48.2 Å². The predicted molar refractivity (Wildman–Crippen MR) is 118 cm³/mol. The number of β-lactam (4-membered cyclic amide) rings is 1. The van der Waals surface area contributed by atoms with Crippen LogP contribution in [0.1, 0.15) is 50.3 Å². The fourth-order valence-corrected chi connectivity index (χ4v) is 4.03. The van der Waals surface area contributed by atoms with Crippen molar-refractivity contribution >= 4 is 11.9 Å². The number of hydrogen-bond acceptors (Lipinski definition) is 5. The second-order valence-corrected chi connectivity index (χ2v) is 7.67. The molecule has 0 aromatic heterocycles. The zero-order valence-corrected chi connectivity index (χ0v) is 18.7. The Kier molecular flexibility index (Phi) is 7.55. The van der Waals surface area contributed by atoms with Crippen LogP contribution in [-0.2, 0) is 14.3 Å². The van der Waals surface area contributed by atoms with Gasteiger partial charge in [0.15, 0.2) is 0 Å². The molecule has 2 aromatic rings. The molecule has 2 unspecified atom stereocenters. The SMILES string of the molecule is CCCCOC(=O)C1C(CC)C(=O)N1C(c1ccc(OC)cc1)c1ccc(OC)cc1. The molecule has 1 saturated heterocycles. The molecule has 0 radical (unpaired) electrons. The first-order valence-electron chi connectivity index (χ1n) is 10.8. The average molecular weight is 426 g/mol. The molecule has 0 saturated carbocycles. The van der Waals surface area contributed by atoms with Crippen LogP contribution in [0, 0.1) is 5.92 Å². The van der Waals surface area contributed by atoms with E-state index in [2.05, 4.69) is 0 Å². The number of nitrogens with zero attached hydrogens (tertiary/aromatic N) is 1. The van der Waals surface area contributed by atoms with Crippen LogP contribution in [0.4, 0.5) is 0 Å². The van der Waals surface area contributed by atoms with Crippen LogP contribution < -0.4 is 9.47 Å². The van der Waals surface area contributed by atoms with Crippen molar-refractivity contribution in [3.63, 3.8) is 0 Å². The van der Waals surface area contributed by atoms with E-state index < -0.39 is 12.1 Å². The van der Waals surface area contributed by atoms with Gasteiger partial charge in [-0.15, -0.1) is 0 Å². The van der Waals surface area contributed by atoms with Gasteiger partial charge in [0.2, 0.25) is 5.91 Å². The number of carbonyl (C=O) groups excluding carboxylic acids is 2. The number of amides is 1. The van der Waals surface area contributed by atoms with Gasteiger partial charge >= 0.3 is 5.97 Å². The molecule has 1 aliphatic heterocycles. The Morgan fingerprint density at radius 3 is 1.87 bits per heavy atom. The van der Waals surface area contributed by atoms with Gasteiger partial charge in [0.1, 0.15) is 17.5 Å². The standard InChI is InChI=1S/C25H31NO5/c1-5-7-16-31-25(28)23-21(6-2)24(27)26(23)22(17-8-12-19(29-3)13-9-17)18-10-14-20(30-4)15-11-18/h8-15,21-23H,5-7,16H2,1-4H3. The van der Waals surface area contributed by atoms with Crippen molar-refractivity contribution in [2.24, 2.45) is 5.92 Å². The monoisotopic (exact) mass is 425 g/mol. The highest BCUT2D eigenvalue weighted by molar-refractivity contribution is 5.97. The third-order valence-corrected chi connectivity index (χ3v) is 5.82. The van der Waals surface area contributed by atoms with Gasteiger partial charge in [0.05, 0.1) is 32.8 Å². The molecule has 3 rings (SSSR count). The fourth-order valence-electron chi connectivity index (χ4n) is 4.03. The van der Waals surface area contributed by atoms with Crippen molar-refractivity contribution in [2.75, 3.05) is 20.8 Å². The molecule has 6 heteroatoms. The van der Waals surface area contributed by atoms with Gasteiger partial charge in [0, 0.05) is 0 Å². The van der Waals surface area contributed by atoms with Crippen molar-refractivity contribution in [3.8, 4) is 11.5 Å². The number of ether oxygens (including phenoxy) is 3. The number of unbranched alkanes of at least 4 members (excludes halogenated alkanes) is 1. The minimum absolute atomic E-state index is 0.0309. The van der Waals surface area contributed by atoms with Crippen molar-refractivity contribution in [3.05, 3.63) is 59.7 Å². The van der Waals surface area contributed by atoms with E-state index in [1.54, 1.807) is 19.1 Å². The lowest BCUT2D eigenvalue weighted by Crippen LogP contribution is -2.65. The van der Waals surface area contributed by atoms with Crippen LogP contribution in [0.5, 0.6) is 11.5 Å². The molecule has 6 nitrogen and oxygen atoms in total. The lowest BCUT2D eigenvalue weighted by atomic mass is 9.80. The summed E-state index contributed by atoms with van der Waals surface area (Å²) < 4.78 is 16.1. The highest BCUT2D eigenvalue weighted by Gasteiger charge is 2.54. The first-order chi connectivity index (χ1) is 15.0. The van der Waals surface area contributed by atoms with Crippen LogP contribution in [0.2, 0.25) is 0 Å². The molecule has 0 aliphatic carbocycles. The fraction of sp³-hybridized carbons (Fsp3) is 0.440. The molecule has 0 bridgehead atoms. The molecule has 1 fully saturated rings. The van der Waals surface area contributed by atoms with Gasteiger partial charge in [-0.25, -0.2) is 4.79 Å². The van der Waals surface area contributed by atoms with Crippen molar-refractivity contribution in [1.29, 1.82) is 0 Å². The van der Waals surface area contributed by atoms with E-state index in [0.29, 0.717) is 13.0 Å². The zero-order chi connectivity index (χ0) is 22.4. The average Bonchev–Trinajstić information content (AvgIpc) is 2.81. The third-order valence-electron chi connectivity index (χ3n) is 5.82. The summed E-state index contributed by atoms with van der Waals surface area (Å²) >= 11 is 0. The van der Waals surface area contributed by atoms with E-state index in [1.807, 2.05) is 62.4 Å². The van der Waals surface area contributed by atoms with Crippen molar-refractivity contribution in [2.45, 2.75) is 45.2 Å². The van der Waals surface area contributed by atoms with Crippen LogP contribution in [0.3, 0.4) is 0 Å². The Balaban J connectivity index is 1.99. The van der Waals surface area contributed by atoms with E-state index in [0.717, 1.165) is 35.5 Å². The second kappa shape index (κ2) is 10.3. The number of esters is 1. The minimum Gasteiger partial charge on any atom is -0.497 e. The van der Waals surface area contributed by atoms with Crippen LogP contribution in [0.15, 0.2) is 48.5 Å². The third kappa shape index (κ3) is 4.68. The minimum atomic E-state index is -0.594. The first kappa shape index (κ1) is 22.7. The van der Waals surface area contributed by atoms with E-state index in [9.17, 15) is 9.59 Å². The summed E-state index contributed by atoms with van der Waals surface area (Å²) in [7, 11) is 3.23. The van der Waals surface area contributed by atoms with Gasteiger partial charge in [-0.3, -0.25) is 4.79 Å². The quantitative estimate of drug-likeness (QED) is 0.321. The molecule has 0 N–H and O–H groups in total. The number of rotatable bonds is 10. The Bertz CT molecular complexity index is 830. The lowest BCUT2D eigenvalue weighted by molar-refractivity contribution is -0.177. The molecule has 1 aliphatic rings. The molecule has 0 spiro atoms. The first-order valence-corrected chi connectivity index (χ1v) is 10.8. The highest BCUT2D eigenvalue weighted by atomic mass is 16.5. The second-order valence-electron chi connectivity index (χ2n) is 7.67. The van der Waals surface area contributed by atoms with Gasteiger partial charge in [-0.2, -0.15) is 0 Å². The Morgan fingerprint density at radius 1 is 0.935 bits per heavy atom. The van der Waals surface area contributed by atoms with E-state index in [4.69, 9.17) is 14.2 Å². The van der Waals surface area contributed by atoms with E-state index >= 15 is 0 Å². The maximum Gasteiger partial charge on any atom is 0.329 e. The largest absolute Gasteiger partial charge is 0.497 e. The summed E-state index contributed by atoms with van der Waals surface area (Å²) in [4.78, 5) is 27.8. The lowest BCUT2D eigenvalue weighted by Gasteiger charge is -2.49. The Labute approximate surface area is 184 Å². The van der Waals surface area contributed by atoms with Crippen LogP contribution in [-0.4, -0.2) is 43.6 Å². The maximum absolute atomic E-state index is 13.1. The predicted octanol–water partition coefficient (Wildman–Crippen LogP) is 4.37. The molecular weight excluding hydrogens is 394 g/mol. The smallest absolute Gasteiger partial charge is 0.329 e. The van der Waals surface area contributed by atoms with Crippen molar-refractivity contribution < 1.29 is 23.8 Å². The molecule has 1 amide bonds. The highest BCUT2D eigenvalue weighted by Crippen LogP contribution is 2.42. The van der Waals surface area contributed by atoms with Gasteiger partial charge in [-0.1, -0.05) is 44.5 Å². The van der Waals surface area contributed by atoms with Crippen LogP contribution >= 0.6 is 0 Å². The number of benzene rings is 2. The number of hydrogen-bond donors (Lipinski definition) is 0. The summed E-state index contributed by atoms with van der Waals surface area (Å²) in [5.41, 5.74) is 1.81. The molecule has 1 heterocycles. The summed E-state index contributed by atoms with van der Waals surface area (Å²) in [5.74, 6) is 0.750. The van der Waals surface area contributed by atoms with Crippen LogP contribution in [0.25, 0.3) is 0 Å². The number of methoxy groups -OCH3 is 2. The van der Waals surface area contributed by atoms with Crippen molar-refractivity contribution in [1.82, 2.24) is 4.90 Å². The Hall–Kier alpha value is -3.02. The zero-order valence-electron chi connectivity index (χ0n) is 18.7. The summed E-state index contributed by atoms with van der Waals surface area (Å²) in [5, 5.41) is 0. The Morgan fingerprint density at radius 2 is 1.45 bits per heavy atom. The summed E-state index contributed by atoms with van der Waals surface area (Å²) in [6, 6.07) is 14.2. The number of likely N-dealkylation sites (tertiary alicyclic amines) is 1. The number of carbonyl (C=O) groups is 2. The summed E-state index contributed by atoms with van der Waals surface area (Å²) in [6.45, 7) is 4.35. The normalized spacial score (nSPS) is 18.0. The van der Waals surface area contributed by atoms with Gasteiger partial charge < -0.3 is 19.1 Å². The summed E-state index contributed by atoms with van der Waals surface area (Å²) in [6.07, 6.45) is 2.35. The van der Waals surface area contributed by atoms with E-state index in [1.165, 1.54) is 0 Å². The maximum atomic E-state index is 13.1. The molecule has 31 heavy (non-hydrogen) atoms. The van der Waals surface area contributed by atoms with E-state index in [-0.39, 0.29) is 17.8 Å².